The molecule has 1 atom stereocenters. The maximum absolute atomic E-state index is 11.7. The highest BCUT2D eigenvalue weighted by Crippen LogP contribution is 2.32. The lowest BCUT2D eigenvalue weighted by atomic mass is 9.89. The van der Waals surface area contributed by atoms with E-state index in [0.29, 0.717) is 23.9 Å². The summed E-state index contributed by atoms with van der Waals surface area (Å²) in [6, 6.07) is 3.51. The molecule has 1 aliphatic carbocycles. The Labute approximate surface area is 135 Å². The van der Waals surface area contributed by atoms with Gasteiger partial charge in [-0.1, -0.05) is 25.3 Å². The fourth-order valence-corrected chi connectivity index (χ4v) is 3.23. The predicted octanol–water partition coefficient (Wildman–Crippen LogP) is 2.85. The third-order valence-electron chi connectivity index (χ3n) is 4.57. The lowest BCUT2D eigenvalue weighted by Gasteiger charge is -2.19. The lowest BCUT2D eigenvalue weighted by Crippen LogP contribution is -2.15. The topological polar surface area (TPSA) is 105 Å². The molecule has 1 fully saturated rings. The van der Waals surface area contributed by atoms with Gasteiger partial charge < -0.3 is 15.8 Å². The summed E-state index contributed by atoms with van der Waals surface area (Å²) in [6.45, 7) is 0. The number of carboxylic acid groups (broad SMARTS) is 1. The van der Waals surface area contributed by atoms with Crippen molar-refractivity contribution in [3.63, 3.8) is 0 Å². The van der Waals surface area contributed by atoms with Crippen LogP contribution in [0.15, 0.2) is 24.5 Å². The Kier molecular flexibility index (Phi) is 4.60. The van der Waals surface area contributed by atoms with E-state index < -0.39 is 11.9 Å². The Bertz CT molecular complexity index is 659. The van der Waals surface area contributed by atoms with Gasteiger partial charge in [0.05, 0.1) is 0 Å². The third kappa shape index (κ3) is 3.70. The van der Waals surface area contributed by atoms with Crippen molar-refractivity contribution in [2.45, 2.75) is 50.4 Å². The molecule has 6 heteroatoms. The molecule has 0 aromatic carbocycles. The van der Waals surface area contributed by atoms with Crippen molar-refractivity contribution in [1.82, 2.24) is 15.0 Å². The van der Waals surface area contributed by atoms with Gasteiger partial charge in [-0.15, -0.1) is 0 Å². The van der Waals surface area contributed by atoms with E-state index in [1.54, 1.807) is 18.5 Å². The summed E-state index contributed by atoms with van der Waals surface area (Å²) in [6.07, 6.45) is 9.66. The largest absolute Gasteiger partial charge is 0.481 e. The second-order valence-electron chi connectivity index (χ2n) is 6.24. The number of aliphatic carboxylic acids is 1. The average molecular weight is 314 g/mol. The summed E-state index contributed by atoms with van der Waals surface area (Å²) in [5.41, 5.74) is 7.08. The summed E-state index contributed by atoms with van der Waals surface area (Å²) < 4.78 is 0. The van der Waals surface area contributed by atoms with Crippen LogP contribution >= 0.6 is 0 Å². The van der Waals surface area contributed by atoms with Crippen molar-refractivity contribution in [3.05, 3.63) is 41.6 Å². The number of aromatic amines is 1. The fourth-order valence-electron chi connectivity index (χ4n) is 3.23. The van der Waals surface area contributed by atoms with Gasteiger partial charge in [-0.05, 0) is 30.9 Å². The molecule has 1 saturated carbocycles. The Morgan fingerprint density at radius 2 is 2.04 bits per heavy atom. The number of hydrogen-bond donors (Lipinski definition) is 3. The number of nitrogens with one attached hydrogen (secondary N) is 1. The number of anilines is 1. The van der Waals surface area contributed by atoms with Gasteiger partial charge in [0, 0.05) is 24.0 Å². The first-order chi connectivity index (χ1) is 11.1. The van der Waals surface area contributed by atoms with Crippen molar-refractivity contribution in [2.24, 2.45) is 0 Å². The Balaban J connectivity index is 1.77. The van der Waals surface area contributed by atoms with Crippen LogP contribution in [0.4, 0.5) is 5.82 Å². The molecule has 1 aliphatic rings. The first-order valence-corrected chi connectivity index (χ1v) is 8.11. The molecule has 2 aromatic heterocycles. The van der Waals surface area contributed by atoms with Crippen LogP contribution in [-0.4, -0.2) is 26.0 Å². The number of carbonyl (C=O) groups is 1. The summed E-state index contributed by atoms with van der Waals surface area (Å²) >= 11 is 0. The first kappa shape index (κ1) is 15.5. The van der Waals surface area contributed by atoms with Gasteiger partial charge in [0.2, 0.25) is 0 Å². The van der Waals surface area contributed by atoms with Crippen molar-refractivity contribution in [2.75, 3.05) is 5.73 Å². The zero-order chi connectivity index (χ0) is 16.2. The summed E-state index contributed by atoms with van der Waals surface area (Å²) in [5.74, 6) is 0.291. The molecule has 3 rings (SSSR count). The van der Waals surface area contributed by atoms with Gasteiger partial charge in [0.1, 0.15) is 17.6 Å². The van der Waals surface area contributed by atoms with E-state index in [9.17, 15) is 9.90 Å². The minimum Gasteiger partial charge on any atom is -0.481 e. The molecule has 122 valence electrons. The van der Waals surface area contributed by atoms with Crippen LogP contribution in [0.3, 0.4) is 0 Å². The second-order valence-corrected chi connectivity index (χ2v) is 6.24. The summed E-state index contributed by atoms with van der Waals surface area (Å²) in [5, 5.41) is 9.57. The van der Waals surface area contributed by atoms with E-state index in [4.69, 9.17) is 5.73 Å². The molecule has 6 nitrogen and oxygen atoms in total. The minimum absolute atomic E-state index is 0.370. The summed E-state index contributed by atoms with van der Waals surface area (Å²) in [7, 11) is 0. The van der Waals surface area contributed by atoms with E-state index in [-0.39, 0.29) is 0 Å². The fraction of sp³-hybridized carbons (Fsp3) is 0.471. The maximum atomic E-state index is 11.7. The van der Waals surface area contributed by atoms with Crippen LogP contribution in [0.1, 0.15) is 61.0 Å². The highest BCUT2D eigenvalue weighted by molar-refractivity contribution is 5.75. The smallest absolute Gasteiger partial charge is 0.312 e. The van der Waals surface area contributed by atoms with Crippen LogP contribution in [0, 0.1) is 0 Å². The standard InChI is InChI=1S/C17H22N4O2/c18-15-7-6-11(9-19-15)8-13(17(22)23)14-10-20-16(21-14)12-4-2-1-3-5-12/h6-7,9-10,12-13H,1-5,8H2,(H2,18,19)(H,20,21)(H,22,23)/t13-/m1/s1. The predicted molar refractivity (Wildman–Crippen MR) is 87.1 cm³/mol. The maximum Gasteiger partial charge on any atom is 0.312 e. The highest BCUT2D eigenvalue weighted by atomic mass is 16.4. The van der Waals surface area contributed by atoms with E-state index in [0.717, 1.165) is 24.2 Å². The highest BCUT2D eigenvalue weighted by Gasteiger charge is 2.25. The first-order valence-electron chi connectivity index (χ1n) is 8.11. The van der Waals surface area contributed by atoms with Gasteiger partial charge >= 0.3 is 5.97 Å². The number of pyridine rings is 1. The number of imidazole rings is 1. The number of nitrogens with two attached hydrogens (primary N) is 1. The zero-order valence-electron chi connectivity index (χ0n) is 13.0. The van der Waals surface area contributed by atoms with Crippen molar-refractivity contribution >= 4 is 11.8 Å². The van der Waals surface area contributed by atoms with Gasteiger partial charge in [-0.25, -0.2) is 9.97 Å². The zero-order valence-corrected chi connectivity index (χ0v) is 13.0. The quantitative estimate of drug-likeness (QED) is 0.787. The molecule has 0 amide bonds. The van der Waals surface area contributed by atoms with E-state index in [1.165, 1.54) is 19.3 Å². The number of hydrogen-bond acceptors (Lipinski definition) is 4. The molecule has 4 N–H and O–H groups in total. The van der Waals surface area contributed by atoms with E-state index in [2.05, 4.69) is 15.0 Å². The van der Waals surface area contributed by atoms with Gasteiger partial charge in [0.25, 0.3) is 0 Å². The lowest BCUT2D eigenvalue weighted by molar-refractivity contribution is -0.138. The molecule has 0 unspecified atom stereocenters. The number of nitrogen functional groups attached to an aromatic ring is 1. The Hall–Kier alpha value is -2.37. The van der Waals surface area contributed by atoms with Crippen molar-refractivity contribution in [3.8, 4) is 0 Å². The molecule has 2 aromatic rings. The molecular formula is C17H22N4O2. The molecule has 0 spiro atoms. The molecule has 0 radical (unpaired) electrons. The number of aromatic nitrogens is 3. The van der Waals surface area contributed by atoms with Crippen LogP contribution in [0.2, 0.25) is 0 Å². The molecule has 2 heterocycles. The third-order valence-corrected chi connectivity index (χ3v) is 4.57. The molecule has 0 aliphatic heterocycles. The number of rotatable bonds is 5. The van der Waals surface area contributed by atoms with Crippen molar-refractivity contribution in [1.29, 1.82) is 0 Å². The second kappa shape index (κ2) is 6.81. The Morgan fingerprint density at radius 1 is 1.26 bits per heavy atom. The van der Waals surface area contributed by atoms with E-state index in [1.807, 2.05) is 6.07 Å². The minimum atomic E-state index is -0.860. The van der Waals surface area contributed by atoms with Crippen molar-refractivity contribution < 1.29 is 9.90 Å². The van der Waals surface area contributed by atoms with E-state index >= 15 is 0 Å². The number of nitrogens with zero attached hydrogens (tertiary/aromatic N) is 2. The molecular weight excluding hydrogens is 292 g/mol. The van der Waals surface area contributed by atoms with Gasteiger partial charge in [-0.2, -0.15) is 0 Å². The normalized spacial score (nSPS) is 17.0. The number of H-pyrrole nitrogens is 1. The van der Waals surface area contributed by atoms with Crippen LogP contribution < -0.4 is 5.73 Å². The van der Waals surface area contributed by atoms with Gasteiger partial charge in [-0.3, -0.25) is 4.79 Å². The van der Waals surface area contributed by atoms with Crippen LogP contribution in [-0.2, 0) is 11.2 Å². The average Bonchev–Trinajstić information content (AvgIpc) is 3.04. The molecule has 0 bridgehead atoms. The number of carboxylic acids is 1. The van der Waals surface area contributed by atoms with Gasteiger partial charge in [0.15, 0.2) is 0 Å². The summed E-state index contributed by atoms with van der Waals surface area (Å²) in [4.78, 5) is 23.4. The monoisotopic (exact) mass is 314 g/mol. The SMILES string of the molecule is Nc1ccc(C[C@@H](C(=O)O)c2cnc(C3CCCCC3)[nH]2)cn1. The van der Waals surface area contributed by atoms with Crippen LogP contribution in [0.5, 0.6) is 0 Å². The van der Waals surface area contributed by atoms with Crippen LogP contribution in [0.25, 0.3) is 0 Å². The molecule has 23 heavy (non-hydrogen) atoms. The Morgan fingerprint density at radius 3 is 2.70 bits per heavy atom. The molecule has 0 saturated heterocycles.